The average molecular weight is 389 g/mol. The Kier molecular flexibility index (Phi) is 5.76. The van der Waals surface area contributed by atoms with E-state index in [1.165, 1.54) is 37.1 Å². The molecule has 1 saturated heterocycles. The lowest BCUT2D eigenvalue weighted by Crippen LogP contribution is -2.34. The first kappa shape index (κ1) is 19.3. The maximum absolute atomic E-state index is 12.5. The van der Waals surface area contributed by atoms with Gasteiger partial charge >= 0.3 is 0 Å². The maximum Gasteiger partial charge on any atom is 0.289 e. The molecule has 8 heteroatoms. The highest BCUT2D eigenvalue weighted by Crippen LogP contribution is 2.24. The molecule has 2 aromatic rings. The van der Waals surface area contributed by atoms with Crippen LogP contribution in [0.3, 0.4) is 0 Å². The number of para-hydroxylation sites is 1. The minimum Gasteiger partial charge on any atom is -0.371 e. The Morgan fingerprint density at radius 3 is 2.56 bits per heavy atom. The van der Waals surface area contributed by atoms with Crippen molar-refractivity contribution in [2.24, 2.45) is 5.92 Å². The van der Waals surface area contributed by atoms with Gasteiger partial charge in [0.1, 0.15) is 0 Å². The third kappa shape index (κ3) is 4.64. The summed E-state index contributed by atoms with van der Waals surface area (Å²) in [5.41, 5.74) is 1.50. The first-order chi connectivity index (χ1) is 12.9. The second-order valence-electron chi connectivity index (χ2n) is 6.91. The lowest BCUT2D eigenvalue weighted by Gasteiger charge is -2.32. The van der Waals surface area contributed by atoms with Crippen molar-refractivity contribution in [2.45, 2.75) is 31.2 Å². The first-order valence-electron chi connectivity index (χ1n) is 8.94. The maximum atomic E-state index is 12.5. The molecule has 0 spiro atoms. The van der Waals surface area contributed by atoms with Crippen LogP contribution in [0.4, 0.5) is 11.4 Å². The van der Waals surface area contributed by atoms with E-state index in [1.807, 2.05) is 24.3 Å². The van der Waals surface area contributed by atoms with Crippen LogP contribution in [0, 0.1) is 16.0 Å². The quantitative estimate of drug-likeness (QED) is 0.604. The lowest BCUT2D eigenvalue weighted by atomic mass is 9.99. The highest BCUT2D eigenvalue weighted by molar-refractivity contribution is 7.89. The molecule has 1 aliphatic rings. The fourth-order valence-corrected chi connectivity index (χ4v) is 4.53. The predicted octanol–water partition coefficient (Wildman–Crippen LogP) is 3.31. The van der Waals surface area contributed by atoms with Crippen LogP contribution in [-0.4, -0.2) is 26.4 Å². The molecule has 0 unspecified atom stereocenters. The minimum absolute atomic E-state index is 0.0745. The molecule has 3 rings (SSSR count). The number of nitro groups is 1. The zero-order valence-electron chi connectivity index (χ0n) is 15.2. The van der Waals surface area contributed by atoms with Gasteiger partial charge < -0.3 is 4.90 Å². The molecule has 1 atom stereocenters. The molecular formula is C19H23N3O4S. The highest BCUT2D eigenvalue weighted by atomic mass is 32.2. The van der Waals surface area contributed by atoms with Crippen molar-refractivity contribution in [3.63, 3.8) is 0 Å². The summed E-state index contributed by atoms with van der Waals surface area (Å²) < 4.78 is 27.4. The highest BCUT2D eigenvalue weighted by Gasteiger charge is 2.24. The van der Waals surface area contributed by atoms with Gasteiger partial charge in [-0.15, -0.1) is 0 Å². The monoisotopic (exact) mass is 389 g/mol. The van der Waals surface area contributed by atoms with Crippen LogP contribution >= 0.6 is 0 Å². The third-order valence-corrected chi connectivity index (χ3v) is 6.22. The van der Waals surface area contributed by atoms with Crippen LogP contribution in [0.5, 0.6) is 0 Å². The van der Waals surface area contributed by atoms with Crippen molar-refractivity contribution in [3.05, 3.63) is 64.2 Å². The second-order valence-corrected chi connectivity index (χ2v) is 8.64. The molecule has 0 bridgehead atoms. The summed E-state index contributed by atoms with van der Waals surface area (Å²) in [6.07, 6.45) is 2.43. The number of nitro benzene ring substituents is 1. The van der Waals surface area contributed by atoms with Gasteiger partial charge in [0, 0.05) is 31.4 Å². The van der Waals surface area contributed by atoms with E-state index in [4.69, 9.17) is 0 Å². The van der Waals surface area contributed by atoms with E-state index in [2.05, 4.69) is 16.5 Å². The van der Waals surface area contributed by atoms with Crippen molar-refractivity contribution >= 4 is 21.4 Å². The normalized spacial score (nSPS) is 17.7. The molecule has 2 aromatic carbocycles. The summed E-state index contributed by atoms with van der Waals surface area (Å²) in [6.45, 7) is 4.39. The van der Waals surface area contributed by atoms with Gasteiger partial charge in [0.15, 0.2) is 4.90 Å². The molecule has 0 amide bonds. The molecular weight excluding hydrogens is 366 g/mol. The number of benzene rings is 2. The number of hydrogen-bond donors (Lipinski definition) is 1. The van der Waals surface area contributed by atoms with Gasteiger partial charge in [-0.3, -0.25) is 10.1 Å². The van der Waals surface area contributed by atoms with E-state index in [0.717, 1.165) is 24.3 Å². The van der Waals surface area contributed by atoms with Gasteiger partial charge in [-0.05, 0) is 42.5 Å². The lowest BCUT2D eigenvalue weighted by molar-refractivity contribution is -0.387. The fourth-order valence-electron chi connectivity index (χ4n) is 3.34. The Hall–Kier alpha value is -2.45. The van der Waals surface area contributed by atoms with E-state index in [-0.39, 0.29) is 11.4 Å². The Bertz CT molecular complexity index is 913. The summed E-state index contributed by atoms with van der Waals surface area (Å²) in [7, 11) is -3.97. The fraction of sp³-hybridized carbons (Fsp3) is 0.368. The van der Waals surface area contributed by atoms with Crippen molar-refractivity contribution in [2.75, 3.05) is 18.0 Å². The van der Waals surface area contributed by atoms with Crippen molar-refractivity contribution < 1.29 is 13.3 Å². The van der Waals surface area contributed by atoms with Gasteiger partial charge in [-0.25, -0.2) is 13.1 Å². The summed E-state index contributed by atoms with van der Waals surface area (Å²) in [5.74, 6) is 0.673. The Balaban J connectivity index is 1.69. The number of piperidine rings is 1. The number of hydrogen-bond acceptors (Lipinski definition) is 5. The molecule has 0 saturated carbocycles. The first-order valence-corrected chi connectivity index (χ1v) is 10.4. The zero-order valence-corrected chi connectivity index (χ0v) is 16.0. The van der Waals surface area contributed by atoms with E-state index in [9.17, 15) is 18.5 Å². The Morgan fingerprint density at radius 2 is 1.89 bits per heavy atom. The number of nitrogens with zero attached hydrogens (tertiary/aromatic N) is 2. The molecule has 0 radical (unpaired) electrons. The molecule has 144 valence electrons. The number of anilines is 1. The smallest absolute Gasteiger partial charge is 0.289 e. The molecule has 1 N–H and O–H groups in total. The largest absolute Gasteiger partial charge is 0.371 e. The average Bonchev–Trinajstić information content (AvgIpc) is 2.67. The molecule has 0 aromatic heterocycles. The predicted molar refractivity (Wildman–Crippen MR) is 104 cm³/mol. The SMILES string of the molecule is C[C@@H]1CCCN(c2ccc(CNS(=O)(=O)c3ccccc3[N+](=O)[O-])cc2)C1. The molecule has 27 heavy (non-hydrogen) atoms. The summed E-state index contributed by atoms with van der Waals surface area (Å²) in [5, 5.41) is 11.1. The van der Waals surface area contributed by atoms with E-state index in [0.29, 0.717) is 5.92 Å². The van der Waals surface area contributed by atoms with Gasteiger partial charge in [0.05, 0.1) is 4.92 Å². The number of nitrogens with one attached hydrogen (secondary N) is 1. The topological polar surface area (TPSA) is 92.6 Å². The van der Waals surface area contributed by atoms with E-state index in [1.54, 1.807) is 0 Å². The van der Waals surface area contributed by atoms with Gasteiger partial charge in [-0.1, -0.05) is 31.2 Å². The van der Waals surface area contributed by atoms with Crippen molar-refractivity contribution in [1.29, 1.82) is 0 Å². The standard InChI is InChI=1S/C19H23N3O4S/c1-15-5-4-12-21(14-15)17-10-8-16(9-11-17)13-20-27(25,26)19-7-3-2-6-18(19)22(23)24/h2-3,6-11,15,20H,4-5,12-14H2,1H3/t15-/m1/s1. The van der Waals surface area contributed by atoms with Gasteiger partial charge in [-0.2, -0.15) is 0 Å². The molecule has 1 heterocycles. The molecule has 1 fully saturated rings. The van der Waals surface area contributed by atoms with E-state index < -0.39 is 20.6 Å². The summed E-state index contributed by atoms with van der Waals surface area (Å²) in [4.78, 5) is 12.4. The summed E-state index contributed by atoms with van der Waals surface area (Å²) in [6, 6.07) is 13.1. The van der Waals surface area contributed by atoms with Gasteiger partial charge in [0.25, 0.3) is 5.69 Å². The summed E-state index contributed by atoms with van der Waals surface area (Å²) >= 11 is 0. The van der Waals surface area contributed by atoms with Crippen LogP contribution in [0.2, 0.25) is 0 Å². The Morgan fingerprint density at radius 1 is 1.19 bits per heavy atom. The van der Waals surface area contributed by atoms with Gasteiger partial charge in [0.2, 0.25) is 10.0 Å². The van der Waals surface area contributed by atoms with Crippen LogP contribution in [0.25, 0.3) is 0 Å². The van der Waals surface area contributed by atoms with Crippen LogP contribution in [0.15, 0.2) is 53.4 Å². The molecule has 1 aliphatic heterocycles. The number of sulfonamides is 1. The van der Waals surface area contributed by atoms with Crippen molar-refractivity contribution in [3.8, 4) is 0 Å². The molecule has 0 aliphatic carbocycles. The van der Waals surface area contributed by atoms with Crippen molar-refractivity contribution in [1.82, 2.24) is 4.72 Å². The van der Waals surface area contributed by atoms with Crippen LogP contribution in [0.1, 0.15) is 25.3 Å². The van der Waals surface area contributed by atoms with Crippen LogP contribution in [-0.2, 0) is 16.6 Å². The number of rotatable bonds is 6. The second kappa shape index (κ2) is 8.06. The van der Waals surface area contributed by atoms with Crippen LogP contribution < -0.4 is 9.62 Å². The third-order valence-electron chi connectivity index (χ3n) is 4.78. The van der Waals surface area contributed by atoms with E-state index >= 15 is 0 Å². The minimum atomic E-state index is -3.97. The molecule has 7 nitrogen and oxygen atoms in total. The Labute approximate surface area is 159 Å². The zero-order chi connectivity index (χ0) is 19.4.